The van der Waals surface area contributed by atoms with Gasteiger partial charge in [-0.2, -0.15) is 0 Å². The van der Waals surface area contributed by atoms with Crippen molar-refractivity contribution in [1.82, 2.24) is 15.2 Å². The Morgan fingerprint density at radius 1 is 0.963 bits per heavy atom. The van der Waals surface area contributed by atoms with Crippen molar-refractivity contribution in [1.29, 1.82) is 0 Å². The van der Waals surface area contributed by atoms with Crippen molar-refractivity contribution in [3.05, 3.63) is 23.9 Å². The van der Waals surface area contributed by atoms with Crippen molar-refractivity contribution in [3.63, 3.8) is 0 Å². The van der Waals surface area contributed by atoms with Crippen molar-refractivity contribution >= 4 is 11.7 Å². The maximum atomic E-state index is 12.8. The fourth-order valence-corrected chi connectivity index (χ4v) is 5.00. The molecule has 3 heterocycles. The predicted molar refractivity (Wildman–Crippen MR) is 109 cm³/mol. The van der Waals surface area contributed by atoms with E-state index in [9.17, 15) is 4.79 Å². The maximum Gasteiger partial charge on any atom is 0.253 e. The standard InChI is InChI=1S/C22H34N4O/c27-22(18-10-11-21(23-16-18)26-14-6-7-15-26)24-20-9-3-2-8-19(20)17-25-12-4-1-5-13-25/h10-11,16,19-20H,1-9,12-15,17H2,(H,24,27)/t19-,20+/m0/s1. The van der Waals surface area contributed by atoms with E-state index in [-0.39, 0.29) is 5.91 Å². The van der Waals surface area contributed by atoms with Crippen LogP contribution in [0.25, 0.3) is 0 Å². The Morgan fingerprint density at radius 2 is 1.70 bits per heavy atom. The van der Waals surface area contributed by atoms with Crippen LogP contribution in [0, 0.1) is 5.92 Å². The zero-order valence-corrected chi connectivity index (χ0v) is 16.5. The van der Waals surface area contributed by atoms with E-state index in [4.69, 9.17) is 0 Å². The minimum Gasteiger partial charge on any atom is -0.357 e. The molecular formula is C22H34N4O. The number of aromatic nitrogens is 1. The van der Waals surface area contributed by atoms with Gasteiger partial charge in [0.2, 0.25) is 0 Å². The topological polar surface area (TPSA) is 48.5 Å². The highest BCUT2D eigenvalue weighted by Gasteiger charge is 2.29. The summed E-state index contributed by atoms with van der Waals surface area (Å²) < 4.78 is 0. The molecule has 2 saturated heterocycles. The van der Waals surface area contributed by atoms with Crippen LogP contribution in [-0.4, -0.2) is 54.6 Å². The highest BCUT2D eigenvalue weighted by molar-refractivity contribution is 5.94. The third-order valence-corrected chi connectivity index (χ3v) is 6.61. The first-order valence-electron chi connectivity index (χ1n) is 11.0. The number of piperidine rings is 1. The van der Waals surface area contributed by atoms with Gasteiger partial charge in [-0.1, -0.05) is 19.3 Å². The van der Waals surface area contributed by atoms with Crippen molar-refractivity contribution in [3.8, 4) is 0 Å². The fraction of sp³-hybridized carbons (Fsp3) is 0.727. The molecule has 0 radical (unpaired) electrons. The molecule has 1 aromatic heterocycles. The molecule has 1 saturated carbocycles. The molecule has 0 spiro atoms. The van der Waals surface area contributed by atoms with E-state index in [1.54, 1.807) is 6.20 Å². The molecule has 1 aromatic rings. The summed E-state index contributed by atoms with van der Waals surface area (Å²) in [5.41, 5.74) is 0.695. The average molecular weight is 371 g/mol. The monoisotopic (exact) mass is 370 g/mol. The van der Waals surface area contributed by atoms with Gasteiger partial charge in [0.1, 0.15) is 5.82 Å². The summed E-state index contributed by atoms with van der Waals surface area (Å²) in [5, 5.41) is 3.34. The number of anilines is 1. The van der Waals surface area contributed by atoms with Gasteiger partial charge < -0.3 is 15.1 Å². The molecule has 2 atom stereocenters. The Bertz CT molecular complexity index is 605. The molecule has 3 aliphatic rings. The molecule has 2 aliphatic heterocycles. The van der Waals surface area contributed by atoms with Gasteiger partial charge >= 0.3 is 0 Å². The largest absolute Gasteiger partial charge is 0.357 e. The molecule has 0 aromatic carbocycles. The molecule has 3 fully saturated rings. The summed E-state index contributed by atoms with van der Waals surface area (Å²) in [7, 11) is 0. The van der Waals surface area contributed by atoms with E-state index < -0.39 is 0 Å². The average Bonchev–Trinajstić information content (AvgIpc) is 3.25. The normalized spacial score (nSPS) is 26.9. The number of likely N-dealkylation sites (tertiary alicyclic amines) is 1. The van der Waals surface area contributed by atoms with Gasteiger partial charge in [-0.05, 0) is 69.7 Å². The summed E-state index contributed by atoms with van der Waals surface area (Å²) in [6.45, 7) is 5.78. The number of hydrogen-bond donors (Lipinski definition) is 1. The van der Waals surface area contributed by atoms with Crippen LogP contribution in [-0.2, 0) is 0 Å². The number of rotatable bonds is 5. The van der Waals surface area contributed by atoms with Crippen LogP contribution >= 0.6 is 0 Å². The highest BCUT2D eigenvalue weighted by Crippen LogP contribution is 2.27. The van der Waals surface area contributed by atoms with Gasteiger partial charge in [0, 0.05) is 31.9 Å². The van der Waals surface area contributed by atoms with E-state index in [0.717, 1.165) is 31.9 Å². The summed E-state index contributed by atoms with van der Waals surface area (Å²) >= 11 is 0. The fourth-order valence-electron chi connectivity index (χ4n) is 5.00. The van der Waals surface area contributed by atoms with Crippen LogP contribution in [0.3, 0.4) is 0 Å². The molecule has 0 unspecified atom stereocenters. The van der Waals surface area contributed by atoms with Crippen molar-refractivity contribution in [2.24, 2.45) is 5.92 Å². The Hall–Kier alpha value is -1.62. The second-order valence-electron chi connectivity index (χ2n) is 8.58. The minimum absolute atomic E-state index is 0.0472. The Balaban J connectivity index is 1.34. The van der Waals surface area contributed by atoms with Gasteiger partial charge in [0.15, 0.2) is 0 Å². The lowest BCUT2D eigenvalue weighted by atomic mass is 9.83. The lowest BCUT2D eigenvalue weighted by molar-refractivity contribution is 0.0877. The van der Waals surface area contributed by atoms with E-state index in [2.05, 4.69) is 20.1 Å². The summed E-state index contributed by atoms with van der Waals surface area (Å²) in [6, 6.07) is 4.26. The summed E-state index contributed by atoms with van der Waals surface area (Å²) in [5.74, 6) is 1.65. The smallest absolute Gasteiger partial charge is 0.253 e. The lowest BCUT2D eigenvalue weighted by Crippen LogP contribution is -2.47. The first-order chi connectivity index (χ1) is 13.3. The van der Waals surface area contributed by atoms with Crippen molar-refractivity contribution in [2.75, 3.05) is 37.6 Å². The maximum absolute atomic E-state index is 12.8. The van der Waals surface area contributed by atoms with E-state index >= 15 is 0 Å². The van der Waals surface area contributed by atoms with Gasteiger partial charge in [0.05, 0.1) is 5.56 Å². The van der Waals surface area contributed by atoms with E-state index in [0.29, 0.717) is 17.5 Å². The summed E-state index contributed by atoms with van der Waals surface area (Å²) in [6.07, 6.45) is 13.2. The molecule has 1 aliphatic carbocycles. The highest BCUT2D eigenvalue weighted by atomic mass is 16.1. The number of carbonyl (C=O) groups is 1. The minimum atomic E-state index is 0.0472. The molecule has 5 heteroatoms. The van der Waals surface area contributed by atoms with Crippen LogP contribution in [0.5, 0.6) is 0 Å². The zero-order valence-electron chi connectivity index (χ0n) is 16.5. The number of pyridine rings is 1. The zero-order chi connectivity index (χ0) is 18.5. The molecule has 1 N–H and O–H groups in total. The molecule has 4 rings (SSSR count). The van der Waals surface area contributed by atoms with Crippen LogP contribution in [0.1, 0.15) is 68.1 Å². The Labute approximate surface area is 163 Å². The number of hydrogen-bond acceptors (Lipinski definition) is 4. The third-order valence-electron chi connectivity index (χ3n) is 6.61. The quantitative estimate of drug-likeness (QED) is 0.862. The Kier molecular flexibility index (Phi) is 6.28. The molecule has 1 amide bonds. The van der Waals surface area contributed by atoms with E-state index in [1.807, 2.05) is 12.1 Å². The number of nitrogens with one attached hydrogen (secondary N) is 1. The Morgan fingerprint density at radius 3 is 2.44 bits per heavy atom. The van der Waals surface area contributed by atoms with Crippen LogP contribution in [0.15, 0.2) is 18.3 Å². The van der Waals surface area contributed by atoms with Crippen LogP contribution in [0.4, 0.5) is 5.82 Å². The SMILES string of the molecule is O=C(N[C@@H]1CCCC[C@H]1CN1CCCCC1)c1ccc(N2CCCC2)nc1. The lowest BCUT2D eigenvalue weighted by Gasteiger charge is -2.37. The first kappa shape index (κ1) is 18.7. The van der Waals surface area contributed by atoms with Gasteiger partial charge in [-0.15, -0.1) is 0 Å². The molecule has 148 valence electrons. The van der Waals surface area contributed by atoms with Gasteiger partial charge in [0.25, 0.3) is 5.91 Å². The van der Waals surface area contributed by atoms with Crippen LogP contribution < -0.4 is 10.2 Å². The molecule has 5 nitrogen and oxygen atoms in total. The molecular weight excluding hydrogens is 336 g/mol. The van der Waals surface area contributed by atoms with Gasteiger partial charge in [-0.25, -0.2) is 4.98 Å². The van der Waals surface area contributed by atoms with Crippen molar-refractivity contribution in [2.45, 2.75) is 63.8 Å². The number of amides is 1. The molecule has 0 bridgehead atoms. The second kappa shape index (κ2) is 9.05. The van der Waals surface area contributed by atoms with E-state index in [1.165, 1.54) is 64.5 Å². The first-order valence-corrected chi connectivity index (χ1v) is 11.0. The van der Waals surface area contributed by atoms with Crippen molar-refractivity contribution < 1.29 is 4.79 Å². The second-order valence-corrected chi connectivity index (χ2v) is 8.58. The van der Waals surface area contributed by atoms with Gasteiger partial charge in [-0.3, -0.25) is 4.79 Å². The van der Waals surface area contributed by atoms with Crippen LogP contribution in [0.2, 0.25) is 0 Å². The predicted octanol–water partition coefficient (Wildman–Crippen LogP) is 3.46. The molecule has 27 heavy (non-hydrogen) atoms. The number of carbonyl (C=O) groups excluding carboxylic acids is 1. The number of nitrogens with zero attached hydrogens (tertiary/aromatic N) is 3. The summed E-state index contributed by atoms with van der Waals surface area (Å²) in [4.78, 5) is 22.3. The third kappa shape index (κ3) is 4.81.